The van der Waals surface area contributed by atoms with Gasteiger partial charge in [-0.15, -0.1) is 11.8 Å². The topological polar surface area (TPSA) is 20.3 Å². The third kappa shape index (κ3) is 3.73. The number of halogens is 1. The lowest BCUT2D eigenvalue weighted by Crippen LogP contribution is -2.40. The monoisotopic (exact) mass is 345 g/mol. The zero-order chi connectivity index (χ0) is 16.2. The second kappa shape index (κ2) is 7.41. The van der Waals surface area contributed by atoms with Crippen LogP contribution < -0.4 is 4.90 Å². The summed E-state index contributed by atoms with van der Waals surface area (Å²) in [6.07, 6.45) is 2.90. The van der Waals surface area contributed by atoms with Crippen molar-refractivity contribution in [3.05, 3.63) is 59.1 Å². The molecule has 0 spiro atoms. The third-order valence-electron chi connectivity index (χ3n) is 4.11. The van der Waals surface area contributed by atoms with Crippen molar-refractivity contribution in [1.82, 2.24) is 0 Å². The van der Waals surface area contributed by atoms with Crippen molar-refractivity contribution in [2.24, 2.45) is 0 Å². The van der Waals surface area contributed by atoms with Gasteiger partial charge >= 0.3 is 0 Å². The molecule has 0 aliphatic carbocycles. The normalized spacial score (nSPS) is 15.1. The van der Waals surface area contributed by atoms with Gasteiger partial charge in [0.2, 0.25) is 5.91 Å². The number of carbonyl (C=O) groups is 1. The lowest BCUT2D eigenvalue weighted by Gasteiger charge is -2.32. The van der Waals surface area contributed by atoms with Gasteiger partial charge in [-0.3, -0.25) is 4.79 Å². The molecule has 2 nitrogen and oxygen atoms in total. The summed E-state index contributed by atoms with van der Waals surface area (Å²) in [7, 11) is 0. The fourth-order valence-corrected chi connectivity index (χ4v) is 4.06. The van der Waals surface area contributed by atoms with Crippen molar-refractivity contribution in [3.63, 3.8) is 0 Å². The van der Waals surface area contributed by atoms with Crippen LogP contribution in [0.3, 0.4) is 0 Å². The number of anilines is 1. The lowest BCUT2D eigenvalue weighted by molar-refractivity contribution is -0.118. The first-order chi connectivity index (χ1) is 11.2. The van der Waals surface area contributed by atoms with E-state index >= 15 is 0 Å². The molecule has 0 saturated heterocycles. The maximum atomic E-state index is 13.0. The van der Waals surface area contributed by atoms with E-state index in [0.29, 0.717) is 0 Å². The van der Waals surface area contributed by atoms with Crippen molar-refractivity contribution in [2.45, 2.75) is 36.3 Å². The van der Waals surface area contributed by atoms with E-state index in [-0.39, 0.29) is 11.2 Å². The van der Waals surface area contributed by atoms with Crippen molar-refractivity contribution in [2.75, 3.05) is 11.4 Å². The highest BCUT2D eigenvalue weighted by molar-refractivity contribution is 8.00. The van der Waals surface area contributed by atoms with Gasteiger partial charge in [0.05, 0.1) is 5.25 Å². The van der Waals surface area contributed by atoms with E-state index in [4.69, 9.17) is 11.6 Å². The molecule has 0 fully saturated rings. The zero-order valence-electron chi connectivity index (χ0n) is 13.2. The summed E-state index contributed by atoms with van der Waals surface area (Å²) in [4.78, 5) is 16.1. The number of nitrogens with zero attached hydrogens (tertiary/aromatic N) is 1. The Morgan fingerprint density at radius 2 is 1.96 bits per heavy atom. The number of rotatable bonds is 4. The second-order valence-electron chi connectivity index (χ2n) is 5.69. The maximum absolute atomic E-state index is 13.0. The predicted molar refractivity (Wildman–Crippen MR) is 98.5 cm³/mol. The number of carbonyl (C=O) groups excluding carboxylic acids is 1. The molecule has 4 heteroatoms. The van der Waals surface area contributed by atoms with Crippen molar-refractivity contribution < 1.29 is 4.79 Å². The number of hydrogen-bond donors (Lipinski definition) is 0. The Bertz CT molecular complexity index is 686. The number of para-hydroxylation sites is 1. The largest absolute Gasteiger partial charge is 0.311 e. The van der Waals surface area contributed by atoms with Gasteiger partial charge in [0.25, 0.3) is 0 Å². The van der Waals surface area contributed by atoms with Gasteiger partial charge in [0, 0.05) is 22.2 Å². The standard InChI is InChI=1S/C19H20ClNOS/c1-2-18(23-16-11-9-15(20)10-12-16)19(22)21-13-5-7-14-6-3-4-8-17(14)21/h3-4,6,8-12,18H,2,5,7,13H2,1H3. The van der Waals surface area contributed by atoms with Gasteiger partial charge in [0.1, 0.15) is 0 Å². The molecule has 0 saturated carbocycles. The Hall–Kier alpha value is -1.45. The number of aryl methyl sites for hydroxylation is 1. The van der Waals surface area contributed by atoms with Crippen molar-refractivity contribution in [3.8, 4) is 0 Å². The smallest absolute Gasteiger partial charge is 0.240 e. The number of fused-ring (bicyclic) bond motifs is 1. The number of benzene rings is 2. The quantitative estimate of drug-likeness (QED) is 0.711. The summed E-state index contributed by atoms with van der Waals surface area (Å²) >= 11 is 7.56. The fraction of sp³-hybridized carbons (Fsp3) is 0.316. The molecular formula is C19H20ClNOS. The summed E-state index contributed by atoms with van der Waals surface area (Å²) in [6, 6.07) is 16.0. The van der Waals surface area contributed by atoms with E-state index < -0.39 is 0 Å². The van der Waals surface area contributed by atoms with Gasteiger partial charge in [-0.2, -0.15) is 0 Å². The summed E-state index contributed by atoms with van der Waals surface area (Å²) in [5.74, 6) is 0.208. The molecule has 2 aromatic rings. The first-order valence-electron chi connectivity index (χ1n) is 8.00. The minimum Gasteiger partial charge on any atom is -0.311 e. The summed E-state index contributed by atoms with van der Waals surface area (Å²) in [6.45, 7) is 2.88. The van der Waals surface area contributed by atoms with Crippen LogP contribution in [0, 0.1) is 0 Å². The Labute approximate surface area is 146 Å². The molecule has 1 aliphatic rings. The van der Waals surface area contributed by atoms with Crippen LogP contribution in [0.5, 0.6) is 0 Å². The minimum atomic E-state index is -0.0673. The Morgan fingerprint density at radius 3 is 2.70 bits per heavy atom. The van der Waals surface area contributed by atoms with Crippen LogP contribution in [0.25, 0.3) is 0 Å². The first-order valence-corrected chi connectivity index (χ1v) is 9.26. The average Bonchev–Trinajstić information content (AvgIpc) is 2.60. The van der Waals surface area contributed by atoms with E-state index in [2.05, 4.69) is 19.1 Å². The molecule has 2 aromatic carbocycles. The molecular weight excluding hydrogens is 326 g/mol. The van der Waals surface area contributed by atoms with E-state index in [1.54, 1.807) is 11.8 Å². The van der Waals surface area contributed by atoms with Crippen LogP contribution in [0.4, 0.5) is 5.69 Å². The second-order valence-corrected chi connectivity index (χ2v) is 7.40. The number of amides is 1. The molecule has 1 amide bonds. The molecule has 0 radical (unpaired) electrons. The van der Waals surface area contributed by atoms with Crippen LogP contribution >= 0.6 is 23.4 Å². The molecule has 3 rings (SSSR count). The van der Waals surface area contributed by atoms with Crippen molar-refractivity contribution >= 4 is 35.0 Å². The average molecular weight is 346 g/mol. The van der Waals surface area contributed by atoms with E-state index in [9.17, 15) is 4.79 Å². The molecule has 0 N–H and O–H groups in total. The SMILES string of the molecule is CCC(Sc1ccc(Cl)cc1)C(=O)N1CCCc2ccccc21. The first kappa shape index (κ1) is 16.4. The Balaban J connectivity index is 1.79. The summed E-state index contributed by atoms with van der Waals surface area (Å²) in [5.41, 5.74) is 2.36. The molecule has 23 heavy (non-hydrogen) atoms. The maximum Gasteiger partial charge on any atom is 0.240 e. The van der Waals surface area contributed by atoms with Crippen LogP contribution in [-0.4, -0.2) is 17.7 Å². The molecule has 1 aliphatic heterocycles. The van der Waals surface area contributed by atoms with Gasteiger partial charge in [-0.1, -0.05) is 36.7 Å². The van der Waals surface area contributed by atoms with Crippen LogP contribution in [-0.2, 0) is 11.2 Å². The Kier molecular flexibility index (Phi) is 5.29. The fourth-order valence-electron chi connectivity index (χ4n) is 2.92. The highest BCUT2D eigenvalue weighted by atomic mass is 35.5. The molecule has 1 heterocycles. The molecule has 120 valence electrons. The van der Waals surface area contributed by atoms with Crippen LogP contribution in [0.15, 0.2) is 53.4 Å². The summed E-state index contributed by atoms with van der Waals surface area (Å²) < 4.78 is 0. The highest BCUT2D eigenvalue weighted by Gasteiger charge is 2.28. The van der Waals surface area contributed by atoms with Gasteiger partial charge in [-0.25, -0.2) is 0 Å². The van der Waals surface area contributed by atoms with Crippen LogP contribution in [0.1, 0.15) is 25.3 Å². The van der Waals surface area contributed by atoms with Gasteiger partial charge in [-0.05, 0) is 55.2 Å². The molecule has 0 aromatic heterocycles. The molecule has 1 atom stereocenters. The summed E-state index contributed by atoms with van der Waals surface area (Å²) in [5, 5.41) is 0.654. The van der Waals surface area contributed by atoms with E-state index in [0.717, 1.165) is 41.4 Å². The highest BCUT2D eigenvalue weighted by Crippen LogP contribution is 2.32. The zero-order valence-corrected chi connectivity index (χ0v) is 14.7. The van der Waals surface area contributed by atoms with E-state index in [1.165, 1.54) is 5.56 Å². The van der Waals surface area contributed by atoms with E-state index in [1.807, 2.05) is 41.3 Å². The van der Waals surface area contributed by atoms with Crippen LogP contribution in [0.2, 0.25) is 5.02 Å². The third-order valence-corrected chi connectivity index (χ3v) is 5.73. The number of thioether (sulfide) groups is 1. The molecule has 1 unspecified atom stereocenters. The predicted octanol–water partition coefficient (Wildman–Crippen LogP) is 5.19. The van der Waals surface area contributed by atoms with Crippen molar-refractivity contribution in [1.29, 1.82) is 0 Å². The van der Waals surface area contributed by atoms with Gasteiger partial charge < -0.3 is 4.90 Å². The minimum absolute atomic E-state index is 0.0673. The molecule has 0 bridgehead atoms. The number of hydrogen-bond acceptors (Lipinski definition) is 2. The lowest BCUT2D eigenvalue weighted by atomic mass is 10.0. The Morgan fingerprint density at radius 1 is 1.22 bits per heavy atom. The van der Waals surface area contributed by atoms with Gasteiger partial charge in [0.15, 0.2) is 0 Å².